The van der Waals surface area contributed by atoms with Crippen molar-refractivity contribution < 1.29 is 14.7 Å². The molecular weight excluding hydrogens is 266 g/mol. The van der Waals surface area contributed by atoms with Crippen LogP contribution in [0, 0.1) is 11.3 Å². The quantitative estimate of drug-likeness (QED) is 0.810. The number of likely N-dealkylation sites (tertiary alicyclic amines) is 1. The number of carbonyl (C=O) groups is 2. The maximum Gasteiger partial charge on any atom is 0.309 e. The van der Waals surface area contributed by atoms with E-state index in [1.165, 1.54) is 18.4 Å². The molecule has 1 fully saturated rings. The fourth-order valence-electron chi connectivity index (χ4n) is 3.34. The Morgan fingerprint density at radius 2 is 2.10 bits per heavy atom. The van der Waals surface area contributed by atoms with Gasteiger partial charge in [0.25, 0.3) is 0 Å². The van der Waals surface area contributed by atoms with Gasteiger partial charge in [0.2, 0.25) is 5.91 Å². The molecular formula is C17H27NO3. The molecule has 1 amide bonds. The summed E-state index contributed by atoms with van der Waals surface area (Å²) in [6.45, 7) is 4.92. The summed E-state index contributed by atoms with van der Waals surface area (Å²) in [7, 11) is 0. The van der Waals surface area contributed by atoms with E-state index in [0.29, 0.717) is 13.0 Å². The van der Waals surface area contributed by atoms with Gasteiger partial charge >= 0.3 is 5.97 Å². The highest BCUT2D eigenvalue weighted by atomic mass is 16.4. The molecule has 0 bridgehead atoms. The lowest BCUT2D eigenvalue weighted by Gasteiger charge is -2.39. The van der Waals surface area contributed by atoms with E-state index in [1.54, 1.807) is 13.8 Å². The average molecular weight is 293 g/mol. The Morgan fingerprint density at radius 3 is 2.71 bits per heavy atom. The van der Waals surface area contributed by atoms with Crippen molar-refractivity contribution in [3.8, 4) is 0 Å². The molecule has 1 heterocycles. The number of piperidine rings is 1. The summed E-state index contributed by atoms with van der Waals surface area (Å²) in [6, 6.07) is 0. The van der Waals surface area contributed by atoms with E-state index in [9.17, 15) is 14.7 Å². The molecule has 0 spiro atoms. The van der Waals surface area contributed by atoms with Crippen LogP contribution in [0.2, 0.25) is 0 Å². The molecule has 4 nitrogen and oxygen atoms in total. The minimum Gasteiger partial charge on any atom is -0.481 e. The molecule has 118 valence electrons. The number of nitrogens with zero attached hydrogens (tertiary/aromatic N) is 1. The van der Waals surface area contributed by atoms with Gasteiger partial charge < -0.3 is 10.0 Å². The van der Waals surface area contributed by atoms with Crippen molar-refractivity contribution >= 4 is 11.9 Å². The maximum atomic E-state index is 12.4. The lowest BCUT2D eigenvalue weighted by atomic mass is 9.74. The van der Waals surface area contributed by atoms with E-state index in [1.807, 2.05) is 4.90 Å². The molecule has 1 saturated heterocycles. The Morgan fingerprint density at radius 1 is 1.33 bits per heavy atom. The van der Waals surface area contributed by atoms with Crippen molar-refractivity contribution in [2.45, 2.75) is 58.8 Å². The lowest BCUT2D eigenvalue weighted by Crippen LogP contribution is -2.46. The topological polar surface area (TPSA) is 57.6 Å². The summed E-state index contributed by atoms with van der Waals surface area (Å²) in [5.74, 6) is -0.543. The average Bonchev–Trinajstić information content (AvgIpc) is 2.48. The van der Waals surface area contributed by atoms with Crippen LogP contribution in [0.1, 0.15) is 58.8 Å². The number of carbonyl (C=O) groups excluding carboxylic acids is 1. The Hall–Kier alpha value is -1.32. The normalized spacial score (nSPS) is 23.6. The Balaban J connectivity index is 1.95. The predicted octanol–water partition coefficient (Wildman–Crippen LogP) is 3.23. The number of carboxylic acids is 1. The van der Waals surface area contributed by atoms with Crippen molar-refractivity contribution in [1.82, 2.24) is 4.90 Å². The number of aliphatic carboxylic acids is 1. The van der Waals surface area contributed by atoms with E-state index < -0.39 is 11.4 Å². The van der Waals surface area contributed by atoms with Crippen LogP contribution >= 0.6 is 0 Å². The highest BCUT2D eigenvalue weighted by Crippen LogP contribution is 2.34. The summed E-state index contributed by atoms with van der Waals surface area (Å²) < 4.78 is 0. The van der Waals surface area contributed by atoms with Crippen LogP contribution in [-0.4, -0.2) is 35.0 Å². The first-order valence-electron chi connectivity index (χ1n) is 8.10. The molecule has 1 aliphatic heterocycles. The molecule has 1 unspecified atom stereocenters. The summed E-state index contributed by atoms with van der Waals surface area (Å²) >= 11 is 0. The summed E-state index contributed by atoms with van der Waals surface area (Å²) in [6.07, 6.45) is 9.10. The van der Waals surface area contributed by atoms with Crippen molar-refractivity contribution in [2.75, 3.05) is 13.1 Å². The molecule has 0 radical (unpaired) electrons. The van der Waals surface area contributed by atoms with Crippen molar-refractivity contribution in [2.24, 2.45) is 11.3 Å². The lowest BCUT2D eigenvalue weighted by molar-refractivity contribution is -0.153. The second kappa shape index (κ2) is 6.63. The first-order chi connectivity index (χ1) is 9.91. The van der Waals surface area contributed by atoms with E-state index in [2.05, 4.69) is 6.08 Å². The molecule has 1 aliphatic carbocycles. The minimum absolute atomic E-state index is 0.0491. The highest BCUT2D eigenvalue weighted by Gasteiger charge is 2.39. The third-order valence-electron chi connectivity index (χ3n) is 5.11. The maximum absolute atomic E-state index is 12.4. The number of hydrogen-bond acceptors (Lipinski definition) is 2. The van der Waals surface area contributed by atoms with Crippen LogP contribution in [0.5, 0.6) is 0 Å². The van der Waals surface area contributed by atoms with Crippen molar-refractivity contribution in [3.05, 3.63) is 11.6 Å². The largest absolute Gasteiger partial charge is 0.481 e. The van der Waals surface area contributed by atoms with Gasteiger partial charge in [-0.05, 0) is 58.3 Å². The Labute approximate surface area is 127 Å². The molecule has 2 aliphatic rings. The zero-order valence-corrected chi connectivity index (χ0v) is 13.2. The van der Waals surface area contributed by atoms with Gasteiger partial charge in [-0.2, -0.15) is 0 Å². The number of rotatable bonds is 4. The van der Waals surface area contributed by atoms with Gasteiger partial charge in [0.05, 0.1) is 5.41 Å². The summed E-state index contributed by atoms with van der Waals surface area (Å²) in [4.78, 5) is 25.7. The summed E-state index contributed by atoms with van der Waals surface area (Å²) in [5, 5.41) is 9.37. The zero-order chi connectivity index (χ0) is 15.5. The third kappa shape index (κ3) is 3.86. The molecule has 0 aromatic carbocycles. The fraction of sp³-hybridized carbons (Fsp3) is 0.765. The number of carboxylic acid groups (broad SMARTS) is 1. The van der Waals surface area contributed by atoms with Crippen LogP contribution in [0.15, 0.2) is 11.6 Å². The van der Waals surface area contributed by atoms with Crippen LogP contribution < -0.4 is 0 Å². The second-order valence-electron chi connectivity index (χ2n) is 6.99. The smallest absolute Gasteiger partial charge is 0.309 e. The third-order valence-corrected chi connectivity index (χ3v) is 5.11. The van der Waals surface area contributed by atoms with Crippen LogP contribution in [0.3, 0.4) is 0 Å². The van der Waals surface area contributed by atoms with Gasteiger partial charge in [-0.25, -0.2) is 0 Å². The monoisotopic (exact) mass is 293 g/mol. The molecule has 0 saturated carbocycles. The first kappa shape index (κ1) is 16.1. The van der Waals surface area contributed by atoms with Crippen LogP contribution in [0.25, 0.3) is 0 Å². The minimum atomic E-state index is -0.767. The van der Waals surface area contributed by atoms with Crippen LogP contribution in [0.4, 0.5) is 0 Å². The van der Waals surface area contributed by atoms with E-state index in [-0.39, 0.29) is 11.8 Å². The first-order valence-corrected chi connectivity index (χ1v) is 8.10. The Bertz CT molecular complexity index is 439. The van der Waals surface area contributed by atoms with Crippen LogP contribution in [-0.2, 0) is 9.59 Å². The van der Waals surface area contributed by atoms with Gasteiger partial charge in [0, 0.05) is 19.5 Å². The summed E-state index contributed by atoms with van der Waals surface area (Å²) in [5.41, 5.74) is 0.508. The highest BCUT2D eigenvalue weighted by molar-refractivity contribution is 5.79. The van der Waals surface area contributed by atoms with Gasteiger partial charge in [-0.3, -0.25) is 9.59 Å². The SMILES string of the molecule is CC(C)(C(=O)O)C1CCCN(C(=O)CC2=CCCCC2)C1. The van der Waals surface area contributed by atoms with Crippen molar-refractivity contribution in [1.29, 1.82) is 0 Å². The predicted molar refractivity (Wildman–Crippen MR) is 81.9 cm³/mol. The molecule has 1 atom stereocenters. The number of hydrogen-bond donors (Lipinski definition) is 1. The standard InChI is InChI=1S/C17H27NO3/c1-17(2,16(20)21)14-9-6-10-18(12-14)15(19)11-13-7-4-3-5-8-13/h7,14H,3-6,8-12H2,1-2H3,(H,20,21). The second-order valence-corrected chi connectivity index (χ2v) is 6.99. The molecule has 4 heteroatoms. The van der Waals surface area contributed by atoms with Gasteiger partial charge in [-0.15, -0.1) is 0 Å². The van der Waals surface area contributed by atoms with Gasteiger partial charge in [0.15, 0.2) is 0 Å². The van der Waals surface area contributed by atoms with Gasteiger partial charge in [-0.1, -0.05) is 11.6 Å². The Kier molecular flexibility index (Phi) is 5.07. The molecule has 0 aromatic rings. The van der Waals surface area contributed by atoms with Crippen molar-refractivity contribution in [3.63, 3.8) is 0 Å². The van der Waals surface area contributed by atoms with Gasteiger partial charge in [0.1, 0.15) is 0 Å². The molecule has 21 heavy (non-hydrogen) atoms. The number of allylic oxidation sites excluding steroid dienone is 1. The number of amides is 1. The fourth-order valence-corrected chi connectivity index (χ4v) is 3.34. The molecule has 0 aromatic heterocycles. The van der Waals surface area contributed by atoms with E-state index in [0.717, 1.165) is 32.2 Å². The van der Waals surface area contributed by atoms with E-state index in [4.69, 9.17) is 0 Å². The molecule has 1 N–H and O–H groups in total. The molecule has 2 rings (SSSR count). The van der Waals surface area contributed by atoms with E-state index >= 15 is 0 Å². The zero-order valence-electron chi connectivity index (χ0n) is 13.2.